The first kappa shape index (κ1) is 15.6. The molecule has 1 saturated heterocycles. The number of hydrogen-bond donors (Lipinski definition) is 3. The highest BCUT2D eigenvalue weighted by atomic mass is 16.5. The summed E-state index contributed by atoms with van der Waals surface area (Å²) in [4.78, 5) is 24.9. The van der Waals surface area contributed by atoms with Crippen LogP contribution in [0.4, 0.5) is 0 Å². The second kappa shape index (κ2) is 6.65. The molecule has 1 unspecified atom stereocenters. The van der Waals surface area contributed by atoms with Crippen LogP contribution in [0.3, 0.4) is 0 Å². The standard InChI is InChI=1S/C10H14N2O5.C2H6/c1-5-3-12(10(16)11-9(5)15)8-2-6(14)7(4-13)17-8;1-2/h3,6-8,13-14H,2,4H2,1H3,(H,11,15,16);1-2H3/t6-,7?,8-;/m1./s1. The summed E-state index contributed by atoms with van der Waals surface area (Å²) in [5.41, 5.74) is -0.643. The maximum atomic E-state index is 11.6. The number of aliphatic hydroxyl groups is 2. The number of nitrogens with one attached hydrogen (secondary N) is 1. The van der Waals surface area contributed by atoms with Gasteiger partial charge in [-0.05, 0) is 6.92 Å². The lowest BCUT2D eigenvalue weighted by molar-refractivity contribution is -0.0459. The third kappa shape index (κ3) is 3.31. The van der Waals surface area contributed by atoms with Gasteiger partial charge in [-0.25, -0.2) is 4.79 Å². The van der Waals surface area contributed by atoms with Crippen molar-refractivity contribution in [3.05, 3.63) is 32.6 Å². The Morgan fingerprint density at radius 1 is 1.47 bits per heavy atom. The molecule has 1 fully saturated rings. The zero-order chi connectivity index (χ0) is 14.6. The predicted octanol–water partition coefficient (Wildman–Crippen LogP) is -0.488. The Bertz CT molecular complexity index is 522. The molecule has 1 aromatic heterocycles. The molecule has 0 aromatic carbocycles. The van der Waals surface area contributed by atoms with Gasteiger partial charge in [0.2, 0.25) is 0 Å². The minimum atomic E-state index is -0.816. The molecule has 0 amide bonds. The zero-order valence-corrected chi connectivity index (χ0v) is 11.3. The largest absolute Gasteiger partial charge is 0.394 e. The van der Waals surface area contributed by atoms with Crippen molar-refractivity contribution in [2.75, 3.05) is 6.61 Å². The molecule has 1 aliphatic heterocycles. The molecular weight excluding hydrogens is 252 g/mol. The van der Waals surface area contributed by atoms with Crippen LogP contribution in [0.1, 0.15) is 32.1 Å². The lowest BCUT2D eigenvalue weighted by Gasteiger charge is -2.14. The Labute approximate surface area is 110 Å². The molecule has 0 radical (unpaired) electrons. The quantitative estimate of drug-likeness (QED) is 0.674. The Balaban J connectivity index is 0.000000861. The summed E-state index contributed by atoms with van der Waals surface area (Å²) in [6.07, 6.45) is -0.581. The molecule has 1 aromatic rings. The van der Waals surface area contributed by atoms with Crippen LogP contribution in [-0.2, 0) is 4.74 Å². The first-order chi connectivity index (χ1) is 9.02. The number of nitrogens with zero attached hydrogens (tertiary/aromatic N) is 1. The van der Waals surface area contributed by atoms with E-state index in [1.54, 1.807) is 6.92 Å². The van der Waals surface area contributed by atoms with E-state index in [1.807, 2.05) is 13.8 Å². The topological polar surface area (TPSA) is 105 Å². The lowest BCUT2D eigenvalue weighted by atomic mass is 10.2. The number of aryl methyl sites for hydroxylation is 1. The molecule has 19 heavy (non-hydrogen) atoms. The van der Waals surface area contributed by atoms with Crippen molar-refractivity contribution in [2.45, 2.75) is 45.6 Å². The van der Waals surface area contributed by atoms with Gasteiger partial charge in [0.25, 0.3) is 5.56 Å². The molecule has 108 valence electrons. The highest BCUT2D eigenvalue weighted by Gasteiger charge is 2.34. The summed E-state index contributed by atoms with van der Waals surface area (Å²) in [7, 11) is 0. The van der Waals surface area contributed by atoms with Gasteiger partial charge in [0.1, 0.15) is 12.3 Å². The van der Waals surface area contributed by atoms with Crippen LogP contribution in [0.5, 0.6) is 0 Å². The fourth-order valence-corrected chi connectivity index (χ4v) is 1.85. The van der Waals surface area contributed by atoms with E-state index in [1.165, 1.54) is 10.8 Å². The fourth-order valence-electron chi connectivity index (χ4n) is 1.85. The average molecular weight is 272 g/mol. The first-order valence-electron chi connectivity index (χ1n) is 6.29. The summed E-state index contributed by atoms with van der Waals surface area (Å²) in [5, 5.41) is 18.5. The van der Waals surface area contributed by atoms with Crippen molar-refractivity contribution in [2.24, 2.45) is 0 Å². The number of ether oxygens (including phenoxy) is 1. The van der Waals surface area contributed by atoms with E-state index < -0.39 is 29.7 Å². The molecule has 1 aliphatic rings. The van der Waals surface area contributed by atoms with Gasteiger partial charge in [-0.2, -0.15) is 0 Å². The van der Waals surface area contributed by atoms with Crippen molar-refractivity contribution < 1.29 is 14.9 Å². The predicted molar refractivity (Wildman–Crippen MR) is 69.0 cm³/mol. The second-order valence-corrected chi connectivity index (χ2v) is 4.09. The molecule has 0 aliphatic carbocycles. The Morgan fingerprint density at radius 2 is 2.11 bits per heavy atom. The van der Waals surface area contributed by atoms with Crippen molar-refractivity contribution >= 4 is 0 Å². The van der Waals surface area contributed by atoms with Crippen LogP contribution in [0.15, 0.2) is 15.8 Å². The van der Waals surface area contributed by atoms with Crippen molar-refractivity contribution in [3.63, 3.8) is 0 Å². The Hall–Kier alpha value is -1.44. The third-order valence-corrected chi connectivity index (χ3v) is 2.84. The molecule has 0 bridgehead atoms. The molecular formula is C12H20N2O5. The summed E-state index contributed by atoms with van der Waals surface area (Å²) in [6.45, 7) is 5.26. The SMILES string of the molecule is CC.Cc1cn([C@H]2C[C@@H](O)C(CO)O2)c(=O)[nH]c1=O. The fraction of sp³-hybridized carbons (Fsp3) is 0.667. The van der Waals surface area contributed by atoms with Crippen LogP contribution in [0.25, 0.3) is 0 Å². The van der Waals surface area contributed by atoms with Gasteiger partial charge in [-0.15, -0.1) is 0 Å². The molecule has 0 spiro atoms. The summed E-state index contributed by atoms with van der Waals surface area (Å²) < 4.78 is 6.54. The molecule has 7 nitrogen and oxygen atoms in total. The number of rotatable bonds is 2. The smallest absolute Gasteiger partial charge is 0.330 e. The lowest BCUT2D eigenvalue weighted by Crippen LogP contribution is -2.33. The zero-order valence-electron chi connectivity index (χ0n) is 11.3. The molecule has 7 heteroatoms. The van der Waals surface area contributed by atoms with E-state index in [0.717, 1.165) is 0 Å². The van der Waals surface area contributed by atoms with Gasteiger partial charge in [0.05, 0.1) is 12.7 Å². The van der Waals surface area contributed by atoms with E-state index in [4.69, 9.17) is 9.84 Å². The number of aliphatic hydroxyl groups excluding tert-OH is 2. The van der Waals surface area contributed by atoms with Crippen LogP contribution >= 0.6 is 0 Å². The average Bonchev–Trinajstić information content (AvgIpc) is 2.77. The Morgan fingerprint density at radius 3 is 2.63 bits per heavy atom. The number of hydrogen-bond acceptors (Lipinski definition) is 5. The van der Waals surface area contributed by atoms with Crippen molar-refractivity contribution in [1.29, 1.82) is 0 Å². The highest BCUT2D eigenvalue weighted by molar-refractivity contribution is 5.02. The maximum Gasteiger partial charge on any atom is 0.330 e. The van der Waals surface area contributed by atoms with Crippen LogP contribution in [0, 0.1) is 6.92 Å². The van der Waals surface area contributed by atoms with Gasteiger partial charge >= 0.3 is 5.69 Å². The van der Waals surface area contributed by atoms with E-state index in [9.17, 15) is 14.7 Å². The van der Waals surface area contributed by atoms with E-state index in [0.29, 0.717) is 5.56 Å². The van der Waals surface area contributed by atoms with E-state index in [2.05, 4.69) is 4.98 Å². The number of aromatic amines is 1. The third-order valence-electron chi connectivity index (χ3n) is 2.84. The molecule has 3 atom stereocenters. The van der Waals surface area contributed by atoms with Crippen LogP contribution in [-0.4, -0.2) is 38.6 Å². The Kier molecular flexibility index (Phi) is 5.46. The van der Waals surface area contributed by atoms with E-state index in [-0.39, 0.29) is 13.0 Å². The molecule has 2 rings (SSSR count). The maximum absolute atomic E-state index is 11.6. The van der Waals surface area contributed by atoms with Gasteiger partial charge < -0.3 is 14.9 Å². The first-order valence-corrected chi connectivity index (χ1v) is 6.29. The summed E-state index contributed by atoms with van der Waals surface area (Å²) in [5.74, 6) is 0. The van der Waals surface area contributed by atoms with Gasteiger partial charge in [0, 0.05) is 18.2 Å². The molecule has 2 heterocycles. The van der Waals surface area contributed by atoms with E-state index >= 15 is 0 Å². The van der Waals surface area contributed by atoms with Crippen molar-refractivity contribution in [3.8, 4) is 0 Å². The summed E-state index contributed by atoms with van der Waals surface area (Å²) >= 11 is 0. The highest BCUT2D eigenvalue weighted by Crippen LogP contribution is 2.27. The minimum Gasteiger partial charge on any atom is -0.394 e. The minimum absolute atomic E-state index is 0.205. The molecule has 3 N–H and O–H groups in total. The van der Waals surface area contributed by atoms with Crippen molar-refractivity contribution in [1.82, 2.24) is 9.55 Å². The van der Waals surface area contributed by atoms with Gasteiger partial charge in [0.15, 0.2) is 0 Å². The van der Waals surface area contributed by atoms with Gasteiger partial charge in [-0.3, -0.25) is 14.3 Å². The summed E-state index contributed by atoms with van der Waals surface area (Å²) in [6, 6.07) is 0. The normalized spacial score (nSPS) is 25.8. The van der Waals surface area contributed by atoms with Gasteiger partial charge in [-0.1, -0.05) is 13.8 Å². The molecule has 0 saturated carbocycles. The second-order valence-electron chi connectivity index (χ2n) is 4.09. The monoisotopic (exact) mass is 272 g/mol. The van der Waals surface area contributed by atoms with Crippen LogP contribution in [0.2, 0.25) is 0 Å². The number of H-pyrrole nitrogens is 1. The van der Waals surface area contributed by atoms with Crippen LogP contribution < -0.4 is 11.2 Å². The number of aromatic nitrogens is 2.